The van der Waals surface area contributed by atoms with Gasteiger partial charge in [-0.15, -0.1) is 0 Å². The molecule has 0 aliphatic rings. The molecule has 0 unspecified atom stereocenters. The van der Waals surface area contributed by atoms with Crippen molar-refractivity contribution in [3.63, 3.8) is 0 Å². The first-order valence-electron chi connectivity index (χ1n) is 10.2. The van der Waals surface area contributed by atoms with Crippen LogP contribution in [0.5, 0.6) is 11.5 Å². The van der Waals surface area contributed by atoms with E-state index in [0.717, 1.165) is 39.5 Å². The summed E-state index contributed by atoms with van der Waals surface area (Å²) in [7, 11) is 4.95. The lowest BCUT2D eigenvalue weighted by atomic mass is 10.1. The van der Waals surface area contributed by atoms with Crippen molar-refractivity contribution in [3.05, 3.63) is 72.6 Å². The van der Waals surface area contributed by atoms with Gasteiger partial charge in [-0.2, -0.15) is 0 Å². The molecule has 9 heteroatoms. The van der Waals surface area contributed by atoms with Crippen molar-refractivity contribution in [1.82, 2.24) is 19.9 Å². The number of hydrogen-bond acceptors (Lipinski definition) is 8. The molecule has 0 aliphatic carbocycles. The molecule has 0 spiro atoms. The number of allylic oxidation sites excluding steroid dienone is 1. The molecule has 0 fully saturated rings. The smallest absolute Gasteiger partial charge is 0.134 e. The summed E-state index contributed by atoms with van der Waals surface area (Å²) >= 11 is 0. The molecular formula is C24H25N7O2. The molecule has 3 N–H and O–H groups in total. The van der Waals surface area contributed by atoms with Gasteiger partial charge in [-0.05, 0) is 18.2 Å². The van der Waals surface area contributed by atoms with Crippen LogP contribution < -0.4 is 20.1 Å². The first-order chi connectivity index (χ1) is 16.1. The molecule has 3 aromatic heterocycles. The number of pyridine rings is 2. The maximum absolute atomic E-state index is 5.78. The highest BCUT2D eigenvalue weighted by molar-refractivity contribution is 6.10. The second kappa shape index (κ2) is 9.82. The minimum Gasteiger partial charge on any atom is -0.497 e. The van der Waals surface area contributed by atoms with Crippen molar-refractivity contribution in [2.75, 3.05) is 26.2 Å². The van der Waals surface area contributed by atoms with E-state index in [1.54, 1.807) is 46.1 Å². The minimum atomic E-state index is 0.464. The highest BCUT2D eigenvalue weighted by Gasteiger charge is 2.16. The Morgan fingerprint density at radius 3 is 2.52 bits per heavy atom. The number of aromatic nitrogens is 4. The number of H-pyrrole nitrogens is 1. The number of anilines is 2. The Bertz CT molecular complexity index is 1280. The van der Waals surface area contributed by atoms with Gasteiger partial charge in [0.05, 0.1) is 37.5 Å². The van der Waals surface area contributed by atoms with Crippen LogP contribution in [0.15, 0.2) is 66.2 Å². The molecule has 0 saturated carbocycles. The Balaban J connectivity index is 1.83. The Morgan fingerprint density at radius 2 is 1.88 bits per heavy atom. The van der Waals surface area contributed by atoms with E-state index in [1.165, 1.54) is 6.20 Å². The number of fused-ring (bicyclic) bond motifs is 1. The van der Waals surface area contributed by atoms with E-state index in [9.17, 15) is 0 Å². The van der Waals surface area contributed by atoms with Crippen LogP contribution >= 0.6 is 0 Å². The van der Waals surface area contributed by atoms with E-state index in [0.29, 0.717) is 18.0 Å². The van der Waals surface area contributed by atoms with Gasteiger partial charge in [0.15, 0.2) is 0 Å². The summed E-state index contributed by atoms with van der Waals surface area (Å²) in [6.07, 6.45) is 8.47. The largest absolute Gasteiger partial charge is 0.497 e. The normalized spacial score (nSPS) is 11.8. The Morgan fingerprint density at radius 1 is 1.09 bits per heavy atom. The molecule has 0 saturated heterocycles. The molecule has 0 bridgehead atoms. The Labute approximate surface area is 191 Å². The number of ether oxygens (including phenoxy) is 2. The van der Waals surface area contributed by atoms with Gasteiger partial charge in [0.25, 0.3) is 0 Å². The fraction of sp³-hybridized carbons (Fsp3) is 0.167. The Hall–Kier alpha value is -4.40. The minimum absolute atomic E-state index is 0.464. The molecule has 0 atom stereocenters. The summed E-state index contributed by atoms with van der Waals surface area (Å²) < 4.78 is 11.0. The summed E-state index contributed by atoms with van der Waals surface area (Å²) in [6.45, 7) is 0.464. The quantitative estimate of drug-likeness (QED) is 0.399. The number of aromatic amines is 1. The number of rotatable bonds is 8. The van der Waals surface area contributed by atoms with Gasteiger partial charge in [0.2, 0.25) is 0 Å². The predicted molar refractivity (Wildman–Crippen MR) is 130 cm³/mol. The van der Waals surface area contributed by atoms with Crippen LogP contribution in [0, 0.1) is 0 Å². The van der Waals surface area contributed by atoms with Crippen molar-refractivity contribution in [2.24, 2.45) is 10.7 Å². The van der Waals surface area contributed by atoms with Gasteiger partial charge in [-0.3, -0.25) is 9.98 Å². The highest BCUT2D eigenvalue weighted by Crippen LogP contribution is 2.33. The van der Waals surface area contributed by atoms with Crippen LogP contribution in [0.3, 0.4) is 0 Å². The fourth-order valence-corrected chi connectivity index (χ4v) is 3.44. The average Bonchev–Trinajstić information content (AvgIpc) is 3.38. The van der Waals surface area contributed by atoms with Gasteiger partial charge in [0, 0.05) is 67.4 Å². The zero-order valence-electron chi connectivity index (χ0n) is 18.7. The van der Waals surface area contributed by atoms with Crippen molar-refractivity contribution >= 4 is 34.3 Å². The van der Waals surface area contributed by atoms with E-state index in [2.05, 4.69) is 19.9 Å². The number of nitrogens with two attached hydrogens (primary N) is 1. The van der Waals surface area contributed by atoms with Crippen molar-refractivity contribution < 1.29 is 9.47 Å². The third-order valence-corrected chi connectivity index (χ3v) is 5.09. The van der Waals surface area contributed by atoms with Crippen LogP contribution in [0.2, 0.25) is 0 Å². The van der Waals surface area contributed by atoms with Crippen LogP contribution in [-0.4, -0.2) is 47.4 Å². The number of hydrogen-bond donors (Lipinski definition) is 2. The summed E-state index contributed by atoms with van der Waals surface area (Å²) in [5, 5.41) is 0. The van der Waals surface area contributed by atoms with Crippen molar-refractivity contribution in [3.8, 4) is 11.5 Å². The monoisotopic (exact) mass is 443 g/mol. The van der Waals surface area contributed by atoms with Gasteiger partial charge < -0.3 is 25.1 Å². The Kier molecular flexibility index (Phi) is 6.49. The van der Waals surface area contributed by atoms with Gasteiger partial charge in [-0.25, -0.2) is 9.97 Å². The number of methoxy groups -OCH3 is 2. The topological polar surface area (TPSA) is 115 Å². The third kappa shape index (κ3) is 4.77. The fourth-order valence-electron chi connectivity index (χ4n) is 3.44. The number of imidazole rings is 1. The second-order valence-corrected chi connectivity index (χ2v) is 7.13. The lowest BCUT2D eigenvalue weighted by Crippen LogP contribution is -2.19. The molecule has 4 rings (SSSR count). The molecule has 4 aromatic rings. The lowest BCUT2D eigenvalue weighted by molar-refractivity contribution is 0.394. The van der Waals surface area contributed by atoms with E-state index in [4.69, 9.17) is 20.2 Å². The number of nitrogens with zero attached hydrogens (tertiary/aromatic N) is 5. The summed E-state index contributed by atoms with van der Waals surface area (Å²) in [6, 6.07) is 11.5. The number of nitrogens with one attached hydrogen (secondary N) is 1. The SMILES string of the molecule is CN=C/C(=C\N)c1cnc2ccc(N(Cc3ncc[nH]3)c3cc(OC)cc(OC)c3)nc2c1. The summed E-state index contributed by atoms with van der Waals surface area (Å²) in [4.78, 5) is 23.1. The highest BCUT2D eigenvalue weighted by atomic mass is 16.5. The molecular weight excluding hydrogens is 418 g/mol. The van der Waals surface area contributed by atoms with Gasteiger partial charge in [0.1, 0.15) is 23.1 Å². The average molecular weight is 444 g/mol. The zero-order chi connectivity index (χ0) is 23.2. The maximum atomic E-state index is 5.78. The molecule has 0 aliphatic heterocycles. The first-order valence-corrected chi connectivity index (χ1v) is 10.2. The van der Waals surface area contributed by atoms with E-state index >= 15 is 0 Å². The molecule has 168 valence electrons. The maximum Gasteiger partial charge on any atom is 0.134 e. The molecule has 0 radical (unpaired) electrons. The van der Waals surface area contributed by atoms with Crippen LogP contribution in [0.4, 0.5) is 11.5 Å². The van der Waals surface area contributed by atoms with Crippen molar-refractivity contribution in [2.45, 2.75) is 6.54 Å². The van der Waals surface area contributed by atoms with Crippen LogP contribution in [-0.2, 0) is 6.54 Å². The zero-order valence-corrected chi connectivity index (χ0v) is 18.7. The molecule has 3 heterocycles. The lowest BCUT2D eigenvalue weighted by Gasteiger charge is -2.24. The van der Waals surface area contributed by atoms with Crippen LogP contribution in [0.25, 0.3) is 16.6 Å². The van der Waals surface area contributed by atoms with E-state index < -0.39 is 0 Å². The molecule has 9 nitrogen and oxygen atoms in total. The third-order valence-electron chi connectivity index (χ3n) is 5.09. The standard InChI is InChI=1S/C24H25N7O2/c1-26-13-17(12-25)16-8-22-21(29-14-16)4-5-24(30-22)31(15-23-27-6-7-28-23)18-9-19(32-2)11-20(10-18)33-3/h4-14H,15,25H2,1-3H3,(H,27,28)/b17-12+,26-13?. The summed E-state index contributed by atoms with van der Waals surface area (Å²) in [5.41, 5.74) is 9.73. The van der Waals surface area contributed by atoms with Gasteiger partial charge in [-0.1, -0.05) is 0 Å². The number of benzene rings is 1. The molecule has 0 amide bonds. The predicted octanol–water partition coefficient (Wildman–Crippen LogP) is 3.71. The summed E-state index contributed by atoms with van der Waals surface area (Å²) in [5.74, 6) is 2.86. The second-order valence-electron chi connectivity index (χ2n) is 7.13. The van der Waals surface area contributed by atoms with Gasteiger partial charge >= 0.3 is 0 Å². The number of aliphatic imine (C=N–C) groups is 1. The van der Waals surface area contributed by atoms with Crippen LogP contribution in [0.1, 0.15) is 11.4 Å². The molecule has 1 aromatic carbocycles. The molecule has 33 heavy (non-hydrogen) atoms. The van der Waals surface area contributed by atoms with E-state index in [1.807, 2.05) is 41.3 Å². The van der Waals surface area contributed by atoms with E-state index in [-0.39, 0.29) is 0 Å². The first kappa shape index (κ1) is 21.8. The van der Waals surface area contributed by atoms with Crippen molar-refractivity contribution in [1.29, 1.82) is 0 Å².